The Morgan fingerprint density at radius 1 is 1.32 bits per heavy atom. The first kappa shape index (κ1) is 14.4. The van der Waals surface area contributed by atoms with Crippen molar-refractivity contribution in [2.45, 2.75) is 71.3 Å². The van der Waals surface area contributed by atoms with Crippen molar-refractivity contribution in [3.8, 4) is 0 Å². The van der Waals surface area contributed by atoms with Crippen LogP contribution in [0.15, 0.2) is 6.20 Å². The van der Waals surface area contributed by atoms with Crippen molar-refractivity contribution in [3.63, 3.8) is 0 Å². The van der Waals surface area contributed by atoms with Gasteiger partial charge in [0, 0.05) is 29.4 Å². The molecule has 0 saturated heterocycles. The van der Waals surface area contributed by atoms with Gasteiger partial charge in [0.15, 0.2) is 0 Å². The monoisotopic (exact) mass is 261 g/mol. The van der Waals surface area contributed by atoms with Crippen molar-refractivity contribution in [1.29, 1.82) is 0 Å². The Morgan fingerprint density at radius 3 is 2.68 bits per heavy atom. The molecule has 1 saturated carbocycles. The first-order valence-corrected chi connectivity index (χ1v) is 7.79. The van der Waals surface area contributed by atoms with E-state index in [9.17, 15) is 0 Å². The number of hydrogen-bond donors (Lipinski definition) is 1. The molecule has 0 spiro atoms. The highest BCUT2D eigenvalue weighted by molar-refractivity contribution is 5.21. The summed E-state index contributed by atoms with van der Waals surface area (Å²) in [4.78, 5) is 9.42. The molecule has 2 rings (SSSR count). The second-order valence-corrected chi connectivity index (χ2v) is 5.78. The second kappa shape index (κ2) is 6.99. The summed E-state index contributed by atoms with van der Waals surface area (Å²) in [5.74, 6) is 1.67. The fourth-order valence-corrected chi connectivity index (χ4v) is 2.95. The van der Waals surface area contributed by atoms with E-state index in [1.54, 1.807) is 0 Å². The summed E-state index contributed by atoms with van der Waals surface area (Å²) in [6.07, 6.45) is 9.78. The van der Waals surface area contributed by atoms with E-state index in [1.807, 2.05) is 6.20 Å². The van der Waals surface area contributed by atoms with Gasteiger partial charge in [0.25, 0.3) is 0 Å². The molecule has 0 aliphatic heterocycles. The van der Waals surface area contributed by atoms with Gasteiger partial charge in [-0.15, -0.1) is 0 Å². The third kappa shape index (κ3) is 3.75. The Balaban J connectivity index is 2.07. The lowest BCUT2D eigenvalue weighted by Crippen LogP contribution is -2.21. The van der Waals surface area contributed by atoms with Gasteiger partial charge < -0.3 is 5.32 Å². The zero-order chi connectivity index (χ0) is 13.7. The van der Waals surface area contributed by atoms with Gasteiger partial charge >= 0.3 is 0 Å². The summed E-state index contributed by atoms with van der Waals surface area (Å²) in [5.41, 5.74) is 2.39. The van der Waals surface area contributed by atoms with Gasteiger partial charge in [0.2, 0.25) is 0 Å². The minimum absolute atomic E-state index is 0.348. The van der Waals surface area contributed by atoms with Crippen molar-refractivity contribution in [1.82, 2.24) is 15.3 Å². The van der Waals surface area contributed by atoms with Crippen molar-refractivity contribution in [2.24, 2.45) is 0 Å². The van der Waals surface area contributed by atoms with Crippen LogP contribution >= 0.6 is 0 Å². The molecule has 0 radical (unpaired) electrons. The molecule has 1 aliphatic rings. The molecule has 1 N–H and O–H groups in total. The van der Waals surface area contributed by atoms with Gasteiger partial charge in [-0.05, 0) is 39.7 Å². The average molecular weight is 261 g/mol. The van der Waals surface area contributed by atoms with Crippen molar-refractivity contribution in [2.75, 3.05) is 6.54 Å². The molecular formula is C16H27N3. The summed E-state index contributed by atoms with van der Waals surface area (Å²) < 4.78 is 0. The van der Waals surface area contributed by atoms with Crippen LogP contribution in [-0.2, 0) is 0 Å². The molecule has 0 amide bonds. The summed E-state index contributed by atoms with van der Waals surface area (Å²) >= 11 is 0. The van der Waals surface area contributed by atoms with Crippen LogP contribution in [-0.4, -0.2) is 16.5 Å². The zero-order valence-corrected chi connectivity index (χ0v) is 12.6. The molecule has 1 fully saturated rings. The molecule has 1 aromatic rings. The molecule has 1 unspecified atom stereocenters. The Labute approximate surface area is 117 Å². The Kier molecular flexibility index (Phi) is 5.32. The van der Waals surface area contributed by atoms with Crippen LogP contribution in [0.25, 0.3) is 0 Å². The molecule has 1 aliphatic carbocycles. The number of aromatic nitrogens is 2. The van der Waals surface area contributed by atoms with Crippen LogP contribution in [0, 0.1) is 6.92 Å². The highest BCUT2D eigenvalue weighted by Gasteiger charge is 2.19. The smallest absolute Gasteiger partial charge is 0.131 e. The van der Waals surface area contributed by atoms with Gasteiger partial charge in [-0.1, -0.05) is 26.2 Å². The maximum atomic E-state index is 4.77. The summed E-state index contributed by atoms with van der Waals surface area (Å²) in [6.45, 7) is 7.55. The lowest BCUT2D eigenvalue weighted by atomic mass is 9.88. The predicted octanol–water partition coefficient (Wildman–Crippen LogP) is 3.89. The van der Waals surface area contributed by atoms with E-state index in [0.717, 1.165) is 24.5 Å². The van der Waals surface area contributed by atoms with E-state index in [4.69, 9.17) is 4.98 Å². The highest BCUT2D eigenvalue weighted by Crippen LogP contribution is 2.31. The molecule has 1 heterocycles. The third-order valence-electron chi connectivity index (χ3n) is 4.17. The lowest BCUT2D eigenvalue weighted by molar-refractivity contribution is 0.427. The standard InChI is InChI=1S/C16H27N3/c1-4-10-17-12(2)15-11-18-16(19-13(15)3)14-8-6-5-7-9-14/h11-12,14,17H,4-10H2,1-3H3. The van der Waals surface area contributed by atoms with E-state index < -0.39 is 0 Å². The highest BCUT2D eigenvalue weighted by atomic mass is 14.9. The van der Waals surface area contributed by atoms with Crippen molar-refractivity contribution < 1.29 is 0 Å². The van der Waals surface area contributed by atoms with Gasteiger partial charge in [0.05, 0.1) is 0 Å². The average Bonchev–Trinajstić information content (AvgIpc) is 2.45. The predicted molar refractivity (Wildman–Crippen MR) is 79.3 cm³/mol. The molecule has 19 heavy (non-hydrogen) atoms. The minimum atomic E-state index is 0.348. The van der Waals surface area contributed by atoms with Gasteiger partial charge in [-0.2, -0.15) is 0 Å². The molecule has 106 valence electrons. The third-order valence-corrected chi connectivity index (χ3v) is 4.17. The van der Waals surface area contributed by atoms with Gasteiger partial charge in [-0.25, -0.2) is 9.97 Å². The first-order valence-electron chi connectivity index (χ1n) is 7.79. The van der Waals surface area contributed by atoms with Crippen LogP contribution in [0.4, 0.5) is 0 Å². The topological polar surface area (TPSA) is 37.8 Å². The van der Waals surface area contributed by atoms with Crippen LogP contribution in [0.1, 0.15) is 81.4 Å². The number of hydrogen-bond acceptors (Lipinski definition) is 3. The van der Waals surface area contributed by atoms with Gasteiger partial charge in [0.1, 0.15) is 5.82 Å². The molecular weight excluding hydrogens is 234 g/mol. The fourth-order valence-electron chi connectivity index (χ4n) is 2.95. The van der Waals surface area contributed by atoms with E-state index in [-0.39, 0.29) is 0 Å². The molecule has 0 aromatic carbocycles. The first-order chi connectivity index (χ1) is 9.22. The number of nitrogens with one attached hydrogen (secondary N) is 1. The van der Waals surface area contributed by atoms with E-state index in [2.05, 4.69) is 31.1 Å². The Hall–Kier alpha value is -0.960. The fraction of sp³-hybridized carbons (Fsp3) is 0.750. The van der Waals surface area contributed by atoms with Crippen LogP contribution in [0.2, 0.25) is 0 Å². The summed E-state index contributed by atoms with van der Waals surface area (Å²) in [5, 5.41) is 3.51. The van der Waals surface area contributed by atoms with Crippen molar-refractivity contribution in [3.05, 3.63) is 23.3 Å². The largest absolute Gasteiger partial charge is 0.310 e. The SMILES string of the molecule is CCCNC(C)c1cnc(C2CCCCC2)nc1C. The normalized spacial score (nSPS) is 18.5. The van der Waals surface area contributed by atoms with Crippen LogP contribution in [0.3, 0.4) is 0 Å². The molecule has 1 aromatic heterocycles. The van der Waals surface area contributed by atoms with Crippen molar-refractivity contribution >= 4 is 0 Å². The second-order valence-electron chi connectivity index (χ2n) is 5.78. The number of aryl methyl sites for hydroxylation is 1. The quantitative estimate of drug-likeness (QED) is 0.873. The van der Waals surface area contributed by atoms with Crippen LogP contribution in [0.5, 0.6) is 0 Å². The van der Waals surface area contributed by atoms with Crippen LogP contribution < -0.4 is 5.32 Å². The minimum Gasteiger partial charge on any atom is -0.310 e. The lowest BCUT2D eigenvalue weighted by Gasteiger charge is -2.22. The molecule has 3 nitrogen and oxygen atoms in total. The van der Waals surface area contributed by atoms with E-state index in [1.165, 1.54) is 37.7 Å². The van der Waals surface area contributed by atoms with Gasteiger partial charge in [-0.3, -0.25) is 0 Å². The Morgan fingerprint density at radius 2 is 2.05 bits per heavy atom. The molecule has 1 atom stereocenters. The maximum Gasteiger partial charge on any atom is 0.131 e. The number of rotatable bonds is 5. The van der Waals surface area contributed by atoms with E-state index in [0.29, 0.717) is 12.0 Å². The van der Waals surface area contributed by atoms with E-state index >= 15 is 0 Å². The molecule has 0 bridgehead atoms. The summed E-state index contributed by atoms with van der Waals surface area (Å²) in [6, 6.07) is 0.348. The maximum absolute atomic E-state index is 4.77. The molecule has 3 heteroatoms. The zero-order valence-electron chi connectivity index (χ0n) is 12.6. The Bertz CT molecular complexity index is 397. The summed E-state index contributed by atoms with van der Waals surface area (Å²) in [7, 11) is 0. The number of nitrogens with zero attached hydrogens (tertiary/aromatic N) is 2.